The molecule has 0 fully saturated rings. The first-order chi connectivity index (χ1) is 5.79. The SMILES string of the molecule is O=c1c2ccccc2[nH][nH][n+]1=O. The summed E-state index contributed by atoms with van der Waals surface area (Å²) in [7, 11) is 0. The van der Waals surface area contributed by atoms with E-state index < -0.39 is 5.56 Å². The number of aromatic amines is 2. The fraction of sp³-hybridized carbons (Fsp3) is 0. The molecule has 0 bridgehead atoms. The molecule has 5 nitrogen and oxygen atoms in total. The second-order valence-electron chi connectivity index (χ2n) is 2.38. The number of aromatic nitrogens is 3. The first-order valence-corrected chi connectivity index (χ1v) is 3.41. The molecule has 0 saturated carbocycles. The average molecular weight is 164 g/mol. The topological polar surface area (TPSA) is 71.6 Å². The lowest BCUT2D eigenvalue weighted by Gasteiger charge is -1.86. The zero-order valence-electron chi connectivity index (χ0n) is 6.07. The smallest absolute Gasteiger partial charge is 0.234 e. The first kappa shape index (κ1) is 6.78. The van der Waals surface area contributed by atoms with Crippen molar-refractivity contribution in [3.8, 4) is 0 Å². The molecule has 2 N–H and O–H groups in total. The summed E-state index contributed by atoms with van der Waals surface area (Å²) in [6.45, 7) is 0. The summed E-state index contributed by atoms with van der Waals surface area (Å²) in [6.07, 6.45) is 0. The monoisotopic (exact) mass is 164 g/mol. The van der Waals surface area contributed by atoms with E-state index in [2.05, 4.69) is 10.3 Å². The minimum atomic E-state index is -0.579. The largest absolute Gasteiger partial charge is 0.411 e. The van der Waals surface area contributed by atoms with Crippen LogP contribution in [0.4, 0.5) is 0 Å². The number of rotatable bonds is 0. The van der Waals surface area contributed by atoms with Crippen molar-refractivity contribution in [2.75, 3.05) is 0 Å². The second kappa shape index (κ2) is 2.30. The van der Waals surface area contributed by atoms with Crippen LogP contribution in [0.15, 0.2) is 29.1 Å². The minimum Gasteiger partial charge on any atom is -0.234 e. The molecule has 0 unspecified atom stereocenters. The Morgan fingerprint density at radius 1 is 1.25 bits per heavy atom. The maximum absolute atomic E-state index is 11.1. The molecule has 0 amide bonds. The average Bonchev–Trinajstić information content (AvgIpc) is 2.12. The molecule has 5 heteroatoms. The number of hydrogen-bond acceptors (Lipinski definition) is 2. The van der Waals surface area contributed by atoms with Crippen molar-refractivity contribution in [1.82, 2.24) is 10.3 Å². The van der Waals surface area contributed by atoms with Gasteiger partial charge in [0.15, 0.2) is 5.52 Å². The van der Waals surface area contributed by atoms with Gasteiger partial charge in [0.1, 0.15) is 9.93 Å². The minimum absolute atomic E-state index is 0.155. The fourth-order valence-corrected chi connectivity index (χ4v) is 1.05. The van der Waals surface area contributed by atoms with E-state index in [-0.39, 0.29) is 4.54 Å². The third-order valence-electron chi connectivity index (χ3n) is 1.63. The van der Waals surface area contributed by atoms with Gasteiger partial charge in [-0.2, -0.15) is 5.10 Å². The molecule has 60 valence electrons. The normalized spacial score (nSPS) is 10.3. The molecule has 12 heavy (non-hydrogen) atoms. The van der Waals surface area contributed by atoms with E-state index in [1.54, 1.807) is 24.3 Å². The summed E-state index contributed by atoms with van der Waals surface area (Å²) < 4.78 is 0.155. The van der Waals surface area contributed by atoms with Crippen molar-refractivity contribution >= 4 is 10.9 Å². The Labute approximate surface area is 66.2 Å². The molecule has 0 spiro atoms. The van der Waals surface area contributed by atoms with Crippen molar-refractivity contribution in [3.63, 3.8) is 0 Å². The molecule has 1 aromatic carbocycles. The van der Waals surface area contributed by atoms with Gasteiger partial charge in [-0.3, -0.25) is 0 Å². The van der Waals surface area contributed by atoms with Crippen LogP contribution in [-0.4, -0.2) is 10.3 Å². The zero-order chi connectivity index (χ0) is 8.55. The number of nitrogens with zero attached hydrogens (tertiary/aromatic N) is 1. The van der Waals surface area contributed by atoms with E-state index in [0.717, 1.165) is 0 Å². The number of para-hydroxylation sites is 1. The van der Waals surface area contributed by atoms with Crippen molar-refractivity contribution in [2.24, 2.45) is 0 Å². The summed E-state index contributed by atoms with van der Waals surface area (Å²) in [5.74, 6) is 0. The van der Waals surface area contributed by atoms with Gasteiger partial charge < -0.3 is 0 Å². The Hall–Kier alpha value is -1.91. The number of nitrogens with one attached hydrogen (secondary N) is 2. The molecule has 0 aliphatic rings. The lowest BCUT2D eigenvalue weighted by atomic mass is 10.2. The third kappa shape index (κ3) is 0.833. The highest BCUT2D eigenvalue weighted by Gasteiger charge is 2.04. The Morgan fingerprint density at radius 2 is 2.00 bits per heavy atom. The molecule has 2 aromatic rings. The van der Waals surface area contributed by atoms with E-state index in [1.807, 2.05) is 0 Å². The lowest BCUT2D eigenvalue weighted by Crippen LogP contribution is -2.39. The standard InChI is InChI=1S/C7H5N3O2/c11-7-5-3-1-2-4-6(5)8-9-10(7)12/h1-4H,(H-,8,9,11,12)/p+1. The van der Waals surface area contributed by atoms with Gasteiger partial charge in [0.25, 0.3) is 0 Å². The Balaban J connectivity index is 3.11. The van der Waals surface area contributed by atoms with Crippen LogP contribution in [0.2, 0.25) is 0 Å². The maximum Gasteiger partial charge on any atom is 0.411 e. The Kier molecular flexibility index (Phi) is 1.30. The number of H-pyrrole nitrogens is 2. The highest BCUT2D eigenvalue weighted by molar-refractivity contribution is 5.75. The fourth-order valence-electron chi connectivity index (χ4n) is 1.05. The number of hydrogen-bond donors (Lipinski definition) is 2. The molecule has 0 aliphatic heterocycles. The highest BCUT2D eigenvalue weighted by Crippen LogP contribution is 2.00. The predicted octanol–water partition coefficient (Wildman–Crippen LogP) is -0.229. The quantitative estimate of drug-likeness (QED) is 0.528. The van der Waals surface area contributed by atoms with Crippen LogP contribution in [0, 0.1) is 4.91 Å². The summed E-state index contributed by atoms with van der Waals surface area (Å²) in [5.41, 5.74) is 0.0407. The van der Waals surface area contributed by atoms with Gasteiger partial charge >= 0.3 is 5.56 Å². The maximum atomic E-state index is 11.1. The van der Waals surface area contributed by atoms with Gasteiger partial charge in [-0.15, -0.1) is 0 Å². The van der Waals surface area contributed by atoms with Crippen molar-refractivity contribution in [1.29, 1.82) is 0 Å². The summed E-state index contributed by atoms with van der Waals surface area (Å²) in [6, 6.07) is 6.79. The van der Waals surface area contributed by atoms with Gasteiger partial charge in [-0.1, -0.05) is 17.3 Å². The van der Waals surface area contributed by atoms with E-state index in [0.29, 0.717) is 10.9 Å². The predicted molar refractivity (Wildman–Crippen MR) is 42.3 cm³/mol. The van der Waals surface area contributed by atoms with Gasteiger partial charge in [-0.25, -0.2) is 4.79 Å². The molecule has 0 saturated heterocycles. The van der Waals surface area contributed by atoms with Gasteiger partial charge in [0.2, 0.25) is 0 Å². The van der Waals surface area contributed by atoms with E-state index >= 15 is 0 Å². The Bertz CT molecular complexity index is 526. The van der Waals surface area contributed by atoms with Gasteiger partial charge in [-0.05, 0) is 17.0 Å². The van der Waals surface area contributed by atoms with Crippen LogP contribution >= 0.6 is 0 Å². The lowest BCUT2D eigenvalue weighted by molar-refractivity contribution is -0.584. The van der Waals surface area contributed by atoms with E-state index in [4.69, 9.17) is 0 Å². The number of fused-ring (bicyclic) bond motifs is 1. The van der Waals surface area contributed by atoms with Crippen LogP contribution in [0.5, 0.6) is 0 Å². The van der Waals surface area contributed by atoms with Crippen LogP contribution in [0.25, 0.3) is 10.9 Å². The molecule has 0 atom stereocenters. The molecular weight excluding hydrogens is 158 g/mol. The zero-order valence-corrected chi connectivity index (χ0v) is 6.07. The van der Waals surface area contributed by atoms with Crippen molar-refractivity contribution in [3.05, 3.63) is 39.5 Å². The first-order valence-electron chi connectivity index (χ1n) is 3.41. The summed E-state index contributed by atoms with van der Waals surface area (Å²) in [4.78, 5) is 21.9. The molecule has 2 rings (SSSR count). The third-order valence-corrected chi connectivity index (χ3v) is 1.63. The molecular formula is C7H6N3O2+. The van der Waals surface area contributed by atoms with Crippen molar-refractivity contribution < 1.29 is 4.54 Å². The van der Waals surface area contributed by atoms with Crippen molar-refractivity contribution in [2.45, 2.75) is 0 Å². The van der Waals surface area contributed by atoms with E-state index in [1.165, 1.54) is 0 Å². The highest BCUT2D eigenvalue weighted by atomic mass is 16.3. The number of benzene rings is 1. The summed E-state index contributed by atoms with van der Waals surface area (Å²) in [5, 5.41) is 5.13. The molecule has 0 radical (unpaired) electrons. The molecule has 1 heterocycles. The van der Waals surface area contributed by atoms with Crippen LogP contribution in [0.3, 0.4) is 0 Å². The molecule has 1 aromatic heterocycles. The molecule has 0 aliphatic carbocycles. The van der Waals surface area contributed by atoms with E-state index in [9.17, 15) is 9.70 Å². The van der Waals surface area contributed by atoms with Crippen LogP contribution < -0.4 is 10.1 Å². The van der Waals surface area contributed by atoms with Crippen LogP contribution in [0.1, 0.15) is 0 Å². The van der Waals surface area contributed by atoms with Crippen LogP contribution in [-0.2, 0) is 0 Å². The summed E-state index contributed by atoms with van der Waals surface area (Å²) >= 11 is 0. The second-order valence-corrected chi connectivity index (χ2v) is 2.38. The van der Waals surface area contributed by atoms with Gasteiger partial charge in [0, 0.05) is 0 Å². The van der Waals surface area contributed by atoms with Gasteiger partial charge in [0.05, 0.1) is 0 Å². The Morgan fingerprint density at radius 3 is 2.83 bits per heavy atom.